The highest BCUT2D eigenvalue weighted by molar-refractivity contribution is 5.26. The number of hydrogen-bond donors (Lipinski definition) is 2. The fourth-order valence-corrected chi connectivity index (χ4v) is 8.43. The predicted octanol–water partition coefficient (Wildman–Crippen LogP) is 4.53. The molecule has 0 amide bonds. The third-order valence-corrected chi connectivity index (χ3v) is 9.85. The summed E-state index contributed by atoms with van der Waals surface area (Å²) in [5, 5.41) is 21.7. The van der Waals surface area contributed by atoms with E-state index in [2.05, 4.69) is 18.7 Å². The topological polar surface area (TPSA) is 52.9 Å². The van der Waals surface area contributed by atoms with Crippen molar-refractivity contribution in [2.24, 2.45) is 35.0 Å². The monoisotopic (exact) mass is 403 g/mol. The van der Waals surface area contributed by atoms with Gasteiger partial charge < -0.3 is 14.9 Å². The number of allylic oxidation sites excluding steroid dienone is 1. The number of nitrogens with zero attached hydrogens (tertiary/aromatic N) is 1. The Balaban J connectivity index is 1.32. The first-order valence-electron chi connectivity index (χ1n) is 12.3. The van der Waals surface area contributed by atoms with Gasteiger partial charge in [-0.3, -0.25) is 4.90 Å². The maximum atomic E-state index is 11.1. The van der Waals surface area contributed by atoms with Gasteiger partial charge in [-0.15, -0.1) is 0 Å². The fraction of sp³-hybridized carbons (Fsp3) is 0.920. The summed E-state index contributed by atoms with van der Waals surface area (Å²) in [6.07, 6.45) is 10.9. The molecule has 29 heavy (non-hydrogen) atoms. The molecule has 0 bridgehead atoms. The van der Waals surface area contributed by atoms with Gasteiger partial charge in [0.25, 0.3) is 0 Å². The van der Waals surface area contributed by atoms with Crippen LogP contribution < -0.4 is 0 Å². The molecule has 4 saturated carbocycles. The molecule has 4 aliphatic carbocycles. The van der Waals surface area contributed by atoms with Gasteiger partial charge in [-0.2, -0.15) is 0 Å². The van der Waals surface area contributed by atoms with Gasteiger partial charge >= 0.3 is 0 Å². The molecule has 0 aromatic rings. The molecule has 0 spiro atoms. The van der Waals surface area contributed by atoms with Crippen molar-refractivity contribution < 1.29 is 14.9 Å². The van der Waals surface area contributed by atoms with E-state index in [0.717, 1.165) is 81.7 Å². The molecule has 0 radical (unpaired) electrons. The van der Waals surface area contributed by atoms with Crippen LogP contribution >= 0.6 is 0 Å². The smallest absolute Gasteiger partial charge is 0.106 e. The fourth-order valence-electron chi connectivity index (χ4n) is 8.43. The van der Waals surface area contributed by atoms with Gasteiger partial charge in [0.1, 0.15) is 5.76 Å². The van der Waals surface area contributed by atoms with E-state index in [0.29, 0.717) is 5.76 Å². The Kier molecular flexibility index (Phi) is 5.28. The largest absolute Gasteiger partial charge is 0.511 e. The van der Waals surface area contributed by atoms with E-state index in [1.807, 2.05) is 0 Å². The summed E-state index contributed by atoms with van der Waals surface area (Å²) in [4.78, 5) is 2.35. The Hall–Kier alpha value is -0.580. The highest BCUT2D eigenvalue weighted by Crippen LogP contribution is 2.64. The molecule has 1 heterocycles. The van der Waals surface area contributed by atoms with Gasteiger partial charge in [0.2, 0.25) is 0 Å². The molecule has 2 N–H and O–H groups in total. The summed E-state index contributed by atoms with van der Waals surface area (Å²) in [6, 6.07) is 0. The molecule has 4 heteroatoms. The summed E-state index contributed by atoms with van der Waals surface area (Å²) in [7, 11) is 0. The van der Waals surface area contributed by atoms with Crippen LogP contribution in [0, 0.1) is 35.0 Å². The summed E-state index contributed by atoms with van der Waals surface area (Å²) < 4.78 is 5.47. The van der Waals surface area contributed by atoms with E-state index in [1.54, 1.807) is 0 Å². The maximum Gasteiger partial charge on any atom is 0.106 e. The van der Waals surface area contributed by atoms with Crippen molar-refractivity contribution in [3.05, 3.63) is 11.3 Å². The Bertz CT molecular complexity index is 652. The molecule has 7 atom stereocenters. The summed E-state index contributed by atoms with van der Waals surface area (Å²) >= 11 is 0. The van der Waals surface area contributed by atoms with Crippen molar-refractivity contribution >= 4 is 0 Å². The Morgan fingerprint density at radius 3 is 2.55 bits per heavy atom. The molecule has 164 valence electrons. The third-order valence-electron chi connectivity index (χ3n) is 9.85. The first kappa shape index (κ1) is 20.3. The van der Waals surface area contributed by atoms with Gasteiger partial charge in [-0.1, -0.05) is 6.92 Å². The molecule has 0 unspecified atom stereocenters. The number of morpholine rings is 1. The van der Waals surface area contributed by atoms with Gasteiger partial charge in [0.15, 0.2) is 0 Å². The van der Waals surface area contributed by atoms with Crippen LogP contribution in [0.25, 0.3) is 0 Å². The minimum Gasteiger partial charge on any atom is -0.511 e. The summed E-state index contributed by atoms with van der Waals surface area (Å²) in [5.74, 6) is 4.73. The van der Waals surface area contributed by atoms with E-state index >= 15 is 0 Å². The lowest BCUT2D eigenvalue weighted by atomic mass is 9.49. The zero-order valence-corrected chi connectivity index (χ0v) is 18.5. The van der Waals surface area contributed by atoms with Crippen molar-refractivity contribution in [2.75, 3.05) is 32.8 Å². The number of rotatable bonds is 2. The van der Waals surface area contributed by atoms with E-state index in [4.69, 9.17) is 4.74 Å². The minimum absolute atomic E-state index is 0.213. The van der Waals surface area contributed by atoms with Crippen LogP contribution in [-0.4, -0.2) is 53.6 Å². The van der Waals surface area contributed by atoms with E-state index in [9.17, 15) is 10.2 Å². The van der Waals surface area contributed by atoms with Gasteiger partial charge in [-0.25, -0.2) is 0 Å². The van der Waals surface area contributed by atoms with Crippen LogP contribution in [0.4, 0.5) is 0 Å². The van der Waals surface area contributed by atoms with Gasteiger partial charge in [-0.05, 0) is 105 Å². The predicted molar refractivity (Wildman–Crippen MR) is 115 cm³/mol. The van der Waals surface area contributed by atoms with Crippen LogP contribution in [0.1, 0.15) is 71.6 Å². The number of ether oxygens (including phenoxy) is 1. The second-order valence-corrected chi connectivity index (χ2v) is 11.5. The lowest BCUT2D eigenvalue weighted by Gasteiger charge is -2.56. The van der Waals surface area contributed by atoms with Crippen molar-refractivity contribution in [1.82, 2.24) is 4.90 Å². The first-order valence-corrected chi connectivity index (χ1v) is 12.3. The number of aliphatic hydroxyl groups is 2. The average Bonchev–Trinajstić information content (AvgIpc) is 3.05. The summed E-state index contributed by atoms with van der Waals surface area (Å²) in [6.45, 7) is 8.71. The molecule has 5 rings (SSSR count). The van der Waals surface area contributed by atoms with Crippen LogP contribution in [0.5, 0.6) is 0 Å². The van der Waals surface area contributed by atoms with E-state index in [-0.39, 0.29) is 5.41 Å². The molecule has 5 fully saturated rings. The average molecular weight is 404 g/mol. The quantitative estimate of drug-likeness (QED) is 0.665. The van der Waals surface area contributed by atoms with Crippen molar-refractivity contribution in [3.63, 3.8) is 0 Å². The molecular weight excluding hydrogens is 362 g/mol. The summed E-state index contributed by atoms with van der Waals surface area (Å²) in [5.41, 5.74) is 1.18. The molecule has 0 aromatic heterocycles. The SMILES string of the molecule is C[C@]1(O)CC[C@H]2[C@H](CC[C@@H]3[C@@H]2CC[C@]2(C)/C(=C(/O)CN4CCOCC4)CC[C@@H]32)C1. The van der Waals surface area contributed by atoms with E-state index in [1.165, 1.54) is 44.1 Å². The van der Waals surface area contributed by atoms with Crippen molar-refractivity contribution in [1.29, 1.82) is 0 Å². The second kappa shape index (κ2) is 7.53. The first-order chi connectivity index (χ1) is 13.9. The lowest BCUT2D eigenvalue weighted by molar-refractivity contribution is -0.0902. The number of aliphatic hydroxyl groups excluding tert-OH is 1. The minimum atomic E-state index is -0.425. The molecular formula is C25H41NO3. The van der Waals surface area contributed by atoms with Crippen LogP contribution in [0.15, 0.2) is 11.3 Å². The number of fused-ring (bicyclic) bond motifs is 5. The molecule has 0 aromatic carbocycles. The Morgan fingerprint density at radius 1 is 1.00 bits per heavy atom. The highest BCUT2D eigenvalue weighted by Gasteiger charge is 2.56. The van der Waals surface area contributed by atoms with Gasteiger partial charge in [0, 0.05) is 13.1 Å². The van der Waals surface area contributed by atoms with Crippen LogP contribution in [0.3, 0.4) is 0 Å². The van der Waals surface area contributed by atoms with Crippen molar-refractivity contribution in [2.45, 2.75) is 77.2 Å². The van der Waals surface area contributed by atoms with E-state index < -0.39 is 5.60 Å². The molecule has 4 nitrogen and oxygen atoms in total. The Morgan fingerprint density at radius 2 is 1.76 bits per heavy atom. The lowest BCUT2D eigenvalue weighted by Crippen LogP contribution is -2.49. The molecule has 1 aliphatic heterocycles. The maximum absolute atomic E-state index is 11.1. The second-order valence-electron chi connectivity index (χ2n) is 11.5. The molecule has 5 aliphatic rings. The van der Waals surface area contributed by atoms with Crippen LogP contribution in [0.2, 0.25) is 0 Å². The molecule has 1 saturated heterocycles. The normalized spacial score (nSPS) is 49.8. The third kappa shape index (κ3) is 3.57. The zero-order valence-electron chi connectivity index (χ0n) is 18.5. The standard InChI is InChI=1S/C25H41NO3/c1-24(28)9-7-18-17(15-24)3-4-20-19(18)8-10-25(2)21(20)5-6-22(25)23(27)16-26-11-13-29-14-12-26/h17-21,27-28H,3-16H2,1-2H3/b23-22+/t17-,18+,19-,20-,21+,24+,25+/m1/s1. The van der Waals surface area contributed by atoms with Gasteiger partial charge in [0.05, 0.1) is 25.4 Å². The highest BCUT2D eigenvalue weighted by atomic mass is 16.5. The van der Waals surface area contributed by atoms with Crippen LogP contribution in [-0.2, 0) is 4.74 Å². The number of hydrogen-bond acceptors (Lipinski definition) is 4. The Labute approximate surface area is 176 Å². The zero-order chi connectivity index (χ0) is 20.2. The van der Waals surface area contributed by atoms with Crippen molar-refractivity contribution in [3.8, 4) is 0 Å².